The van der Waals surface area contributed by atoms with Crippen molar-refractivity contribution in [2.24, 2.45) is 0 Å². The first-order valence-corrected chi connectivity index (χ1v) is 9.74. The third kappa shape index (κ3) is 4.01. The summed E-state index contributed by atoms with van der Waals surface area (Å²) in [5.41, 5.74) is 15.9. The molecule has 2 aromatic heterocycles. The summed E-state index contributed by atoms with van der Waals surface area (Å²) in [5, 5.41) is 4.22. The molecule has 0 aliphatic carbocycles. The van der Waals surface area contributed by atoms with Crippen molar-refractivity contribution in [3.05, 3.63) is 52.0 Å². The zero-order chi connectivity index (χ0) is 19.6. The number of nitrogen functional groups attached to an aromatic ring is 1. The Kier molecular flexibility index (Phi) is 5.57. The minimum Gasteiger partial charge on any atom is -0.397 e. The molecule has 0 saturated heterocycles. The lowest BCUT2D eigenvalue weighted by Gasteiger charge is -2.13. The number of nitrogens with two attached hydrogens (primary N) is 1. The Morgan fingerprint density at radius 1 is 1.26 bits per heavy atom. The number of thiocarbonyl (C=S) groups is 1. The van der Waals surface area contributed by atoms with Gasteiger partial charge in [0.05, 0.1) is 5.69 Å². The highest BCUT2D eigenvalue weighted by Crippen LogP contribution is 2.34. The first kappa shape index (κ1) is 19.1. The van der Waals surface area contributed by atoms with Gasteiger partial charge in [-0.05, 0) is 55.7 Å². The number of para-hydroxylation sites is 1. The van der Waals surface area contributed by atoms with Crippen LogP contribution in [0.1, 0.15) is 33.4 Å². The molecule has 5 N–H and O–H groups in total. The first-order valence-electron chi connectivity index (χ1n) is 8.52. The number of anilines is 2. The van der Waals surface area contributed by atoms with Gasteiger partial charge in [-0.15, -0.1) is 11.3 Å². The molecule has 1 aromatic carbocycles. The molecule has 2 heterocycles. The van der Waals surface area contributed by atoms with Gasteiger partial charge in [-0.25, -0.2) is 4.98 Å². The average molecular weight is 400 g/mol. The number of rotatable bonds is 3. The van der Waals surface area contributed by atoms with Crippen LogP contribution in [0.3, 0.4) is 0 Å². The van der Waals surface area contributed by atoms with Gasteiger partial charge in [0.25, 0.3) is 5.91 Å². The van der Waals surface area contributed by atoms with Gasteiger partial charge in [0.2, 0.25) is 0 Å². The predicted octanol–water partition coefficient (Wildman–Crippen LogP) is 3.69. The molecule has 0 saturated carbocycles. The summed E-state index contributed by atoms with van der Waals surface area (Å²) in [4.78, 5) is 18.2. The molecule has 0 unspecified atom stereocenters. The van der Waals surface area contributed by atoms with E-state index >= 15 is 0 Å². The van der Waals surface area contributed by atoms with Crippen LogP contribution in [-0.2, 0) is 6.42 Å². The van der Waals surface area contributed by atoms with Crippen molar-refractivity contribution in [2.75, 3.05) is 11.1 Å². The number of hydrazine groups is 1. The van der Waals surface area contributed by atoms with E-state index in [0.29, 0.717) is 15.7 Å². The van der Waals surface area contributed by atoms with Gasteiger partial charge in [-0.3, -0.25) is 15.6 Å². The van der Waals surface area contributed by atoms with Gasteiger partial charge >= 0.3 is 0 Å². The van der Waals surface area contributed by atoms with Crippen molar-refractivity contribution in [3.8, 4) is 0 Å². The van der Waals surface area contributed by atoms with Crippen LogP contribution >= 0.6 is 23.6 Å². The average Bonchev–Trinajstić information content (AvgIpc) is 2.96. The number of benzene rings is 1. The lowest BCUT2D eigenvalue weighted by molar-refractivity contribution is 0.0949. The van der Waals surface area contributed by atoms with Gasteiger partial charge in [0.1, 0.15) is 9.71 Å². The van der Waals surface area contributed by atoms with Crippen molar-refractivity contribution < 1.29 is 4.79 Å². The number of fused-ring (bicyclic) bond motifs is 1. The Labute approximate surface area is 167 Å². The third-order valence-corrected chi connectivity index (χ3v) is 5.47. The van der Waals surface area contributed by atoms with Gasteiger partial charge in [0, 0.05) is 16.8 Å². The zero-order valence-electron chi connectivity index (χ0n) is 15.3. The van der Waals surface area contributed by atoms with Crippen LogP contribution < -0.4 is 21.9 Å². The molecule has 0 aliphatic rings. The molecule has 1 amide bonds. The number of thiophene rings is 1. The van der Waals surface area contributed by atoms with Crippen LogP contribution in [0.25, 0.3) is 10.2 Å². The Morgan fingerprint density at radius 3 is 2.74 bits per heavy atom. The van der Waals surface area contributed by atoms with E-state index in [0.717, 1.165) is 39.1 Å². The second-order valence-electron chi connectivity index (χ2n) is 6.15. The van der Waals surface area contributed by atoms with E-state index in [1.54, 1.807) is 0 Å². The maximum absolute atomic E-state index is 12.6. The summed E-state index contributed by atoms with van der Waals surface area (Å²) in [6.07, 6.45) is 0.877. The summed E-state index contributed by atoms with van der Waals surface area (Å²) in [6, 6.07) is 9.83. The summed E-state index contributed by atoms with van der Waals surface area (Å²) in [7, 11) is 0. The topological polar surface area (TPSA) is 92.1 Å². The monoisotopic (exact) mass is 399 g/mol. The Morgan fingerprint density at radius 2 is 2.00 bits per heavy atom. The molecule has 0 bridgehead atoms. The molecule has 0 aliphatic heterocycles. The SMILES string of the molecule is CCc1ccccc1NC(=S)NNC(=O)c1sc2nc(C)cc(C)c2c1N. The number of carbonyl (C=O) groups is 1. The van der Waals surface area contributed by atoms with Crippen molar-refractivity contribution in [1.29, 1.82) is 0 Å². The summed E-state index contributed by atoms with van der Waals surface area (Å²) in [5.74, 6) is -0.347. The minimum absolute atomic E-state index is 0.300. The molecule has 27 heavy (non-hydrogen) atoms. The summed E-state index contributed by atoms with van der Waals surface area (Å²) < 4.78 is 0. The van der Waals surface area contributed by atoms with E-state index < -0.39 is 0 Å². The molecule has 8 heteroatoms. The zero-order valence-corrected chi connectivity index (χ0v) is 17.0. The van der Waals surface area contributed by atoms with E-state index in [2.05, 4.69) is 28.1 Å². The van der Waals surface area contributed by atoms with Gasteiger partial charge in [0.15, 0.2) is 5.11 Å². The molecule has 3 aromatic rings. The van der Waals surface area contributed by atoms with Crippen molar-refractivity contribution in [2.45, 2.75) is 27.2 Å². The molecule has 3 rings (SSSR count). The third-order valence-electron chi connectivity index (χ3n) is 4.17. The number of carbonyl (C=O) groups excluding carboxylic acids is 1. The molecule has 0 atom stereocenters. The minimum atomic E-state index is -0.347. The number of amides is 1. The van der Waals surface area contributed by atoms with Crippen LogP contribution in [0.15, 0.2) is 30.3 Å². The molecule has 0 radical (unpaired) electrons. The predicted molar refractivity (Wildman–Crippen MR) is 116 cm³/mol. The van der Waals surface area contributed by atoms with E-state index in [9.17, 15) is 4.79 Å². The smallest absolute Gasteiger partial charge is 0.281 e. The molecule has 6 nitrogen and oxygen atoms in total. The van der Waals surface area contributed by atoms with Crippen LogP contribution in [-0.4, -0.2) is 16.0 Å². The lowest BCUT2D eigenvalue weighted by Crippen LogP contribution is -2.43. The van der Waals surface area contributed by atoms with Crippen molar-refractivity contribution in [3.63, 3.8) is 0 Å². The van der Waals surface area contributed by atoms with Crippen molar-refractivity contribution in [1.82, 2.24) is 15.8 Å². The molecular weight excluding hydrogens is 378 g/mol. The molecule has 140 valence electrons. The van der Waals surface area contributed by atoms with Crippen LogP contribution in [0.2, 0.25) is 0 Å². The van der Waals surface area contributed by atoms with Crippen LogP contribution in [0.4, 0.5) is 11.4 Å². The van der Waals surface area contributed by atoms with Gasteiger partial charge < -0.3 is 11.1 Å². The van der Waals surface area contributed by atoms with E-state index in [-0.39, 0.29) is 5.91 Å². The van der Waals surface area contributed by atoms with Gasteiger partial charge in [-0.2, -0.15) is 0 Å². The maximum Gasteiger partial charge on any atom is 0.281 e. The van der Waals surface area contributed by atoms with Gasteiger partial charge in [-0.1, -0.05) is 25.1 Å². The highest BCUT2D eigenvalue weighted by molar-refractivity contribution is 7.80. The number of aryl methyl sites for hydroxylation is 3. The second-order valence-corrected chi connectivity index (χ2v) is 7.56. The Bertz CT molecular complexity index is 1030. The fourth-order valence-electron chi connectivity index (χ4n) is 2.91. The van der Waals surface area contributed by atoms with E-state index in [1.165, 1.54) is 11.3 Å². The maximum atomic E-state index is 12.6. The second kappa shape index (κ2) is 7.89. The standard InChI is InChI=1S/C19H21N5OS2/c1-4-12-7-5-6-8-13(12)22-19(26)24-23-17(25)16-15(20)14-10(2)9-11(3)21-18(14)27-16/h5-9H,4,20H2,1-3H3,(H,23,25)(H2,22,24,26). The highest BCUT2D eigenvalue weighted by atomic mass is 32.1. The number of aromatic nitrogens is 1. The quantitative estimate of drug-likeness (QED) is 0.397. The van der Waals surface area contributed by atoms with Crippen LogP contribution in [0, 0.1) is 13.8 Å². The number of hydrogen-bond acceptors (Lipinski definition) is 5. The Hall–Kier alpha value is -2.71. The molecular formula is C19H21N5OS2. The number of hydrogen-bond donors (Lipinski definition) is 4. The fraction of sp³-hybridized carbons (Fsp3) is 0.211. The van der Waals surface area contributed by atoms with E-state index in [1.807, 2.05) is 44.2 Å². The number of nitrogens with one attached hydrogen (secondary N) is 3. The van der Waals surface area contributed by atoms with E-state index in [4.69, 9.17) is 18.0 Å². The first-order chi connectivity index (χ1) is 12.9. The van der Waals surface area contributed by atoms with Crippen molar-refractivity contribution >= 4 is 56.2 Å². The summed E-state index contributed by atoms with van der Waals surface area (Å²) >= 11 is 6.54. The van der Waals surface area contributed by atoms with Crippen LogP contribution in [0.5, 0.6) is 0 Å². The fourth-order valence-corrected chi connectivity index (χ4v) is 4.18. The largest absolute Gasteiger partial charge is 0.397 e. The number of nitrogens with zero attached hydrogens (tertiary/aromatic N) is 1. The Balaban J connectivity index is 1.71. The highest BCUT2D eigenvalue weighted by Gasteiger charge is 2.19. The summed E-state index contributed by atoms with van der Waals surface area (Å²) in [6.45, 7) is 5.95. The lowest BCUT2D eigenvalue weighted by atomic mass is 10.1. The molecule has 0 fully saturated rings. The number of pyridine rings is 1. The normalized spacial score (nSPS) is 10.6. The molecule has 0 spiro atoms.